The Balaban J connectivity index is 1.53. The largest absolute Gasteiger partial charge is 0.481 e. The molecule has 0 aliphatic carbocycles. The Morgan fingerprint density at radius 3 is 1.61 bits per heavy atom. The van der Waals surface area contributed by atoms with Gasteiger partial charge in [-0.2, -0.15) is 0 Å². The standard InChI is InChI=1S/C40H72O22/c1-4-5-13-21(14-11-9-7-6-8-10-12-20(42)15-24(43)44)58-39-35(32(52)28(48)23(60-39)17-55-37-33(53)29(49)25(45)18(2)56-37)62-40-36(31(51)27(47)22(16-41)59-40)61-38-34(54)30(50)26(46)19(3)57-38/h18-23,25-42,45-54H,4-17H2,1-3H3,(H,43,44). The third-order valence-electron chi connectivity index (χ3n) is 12.0. The molecule has 62 heavy (non-hydrogen) atoms. The van der Waals surface area contributed by atoms with Crippen LogP contribution in [0.4, 0.5) is 0 Å². The highest BCUT2D eigenvalue weighted by Crippen LogP contribution is 2.35. The number of carbonyl (C=O) groups is 1. The third kappa shape index (κ3) is 14.3. The van der Waals surface area contributed by atoms with E-state index in [1.54, 1.807) is 0 Å². The van der Waals surface area contributed by atoms with Gasteiger partial charge >= 0.3 is 5.97 Å². The highest BCUT2D eigenvalue weighted by molar-refractivity contribution is 5.67. The summed E-state index contributed by atoms with van der Waals surface area (Å²) in [7, 11) is 0. The maximum atomic E-state index is 11.7. The molecule has 22 unspecified atom stereocenters. The van der Waals surface area contributed by atoms with Crippen LogP contribution in [0.25, 0.3) is 0 Å². The van der Waals surface area contributed by atoms with Crippen LogP contribution in [0.3, 0.4) is 0 Å². The molecule has 0 radical (unpaired) electrons. The summed E-state index contributed by atoms with van der Waals surface area (Å²) >= 11 is 0. The molecular weight excluding hydrogens is 832 g/mol. The van der Waals surface area contributed by atoms with Crippen LogP contribution in [-0.4, -0.2) is 221 Å². The lowest BCUT2D eigenvalue weighted by Gasteiger charge is -2.49. The number of rotatable bonds is 24. The Bertz CT molecular complexity index is 1290. The fourth-order valence-electron chi connectivity index (χ4n) is 8.05. The number of aliphatic hydroxyl groups is 12. The van der Waals surface area contributed by atoms with E-state index in [0.717, 1.165) is 38.5 Å². The van der Waals surface area contributed by atoms with Gasteiger partial charge in [-0.1, -0.05) is 58.3 Å². The Kier molecular flexibility index (Phi) is 22.0. The first-order valence-corrected chi connectivity index (χ1v) is 21.9. The fraction of sp³-hybridized carbons (Fsp3) is 0.975. The number of hydrogen-bond acceptors (Lipinski definition) is 21. The second-order valence-electron chi connectivity index (χ2n) is 17.0. The van der Waals surface area contributed by atoms with Gasteiger partial charge in [0.15, 0.2) is 25.2 Å². The van der Waals surface area contributed by atoms with Crippen molar-refractivity contribution in [2.75, 3.05) is 13.2 Å². The summed E-state index contributed by atoms with van der Waals surface area (Å²) in [5.74, 6) is -1.05. The molecule has 4 rings (SSSR count). The second kappa shape index (κ2) is 25.5. The van der Waals surface area contributed by atoms with Crippen molar-refractivity contribution >= 4 is 5.97 Å². The van der Waals surface area contributed by atoms with Crippen LogP contribution < -0.4 is 0 Å². The molecule has 0 amide bonds. The van der Waals surface area contributed by atoms with Gasteiger partial charge < -0.3 is 104 Å². The number of carboxylic acid groups (broad SMARTS) is 1. The SMILES string of the molecule is CCCCC(CCCCCCCCC(O)CC(=O)O)OC1OC(COC2OC(C)C(O)C(O)C2O)C(O)C(O)C1OC1OC(CO)C(O)C(O)C1OC1OC(C)C(O)C(O)C1O. The molecule has 22 atom stereocenters. The molecule has 4 aliphatic rings. The van der Waals surface area contributed by atoms with Gasteiger partial charge in [-0.05, 0) is 33.1 Å². The number of ether oxygens (including phenoxy) is 8. The first kappa shape index (κ1) is 53.3. The van der Waals surface area contributed by atoms with E-state index in [2.05, 4.69) is 0 Å². The number of carboxylic acids is 1. The first-order chi connectivity index (χ1) is 29.4. The second-order valence-corrected chi connectivity index (χ2v) is 17.0. The van der Waals surface area contributed by atoms with Gasteiger partial charge in [-0.3, -0.25) is 4.79 Å². The Labute approximate surface area is 360 Å². The normalized spacial score (nSPS) is 42.7. The Morgan fingerprint density at radius 2 is 1.03 bits per heavy atom. The minimum atomic E-state index is -1.89. The van der Waals surface area contributed by atoms with E-state index in [1.165, 1.54) is 13.8 Å². The summed E-state index contributed by atoms with van der Waals surface area (Å²) < 4.78 is 47.4. The molecule has 0 aromatic rings. The number of aliphatic carboxylic acids is 1. The average molecular weight is 905 g/mol. The van der Waals surface area contributed by atoms with Gasteiger partial charge in [0.2, 0.25) is 0 Å². The van der Waals surface area contributed by atoms with Crippen LogP contribution in [0.1, 0.15) is 97.8 Å². The lowest BCUT2D eigenvalue weighted by molar-refractivity contribution is -0.396. The highest BCUT2D eigenvalue weighted by atomic mass is 16.8. The van der Waals surface area contributed by atoms with Gasteiger partial charge in [0.1, 0.15) is 85.5 Å². The lowest BCUT2D eigenvalue weighted by Crippen LogP contribution is -2.67. The van der Waals surface area contributed by atoms with E-state index in [4.69, 9.17) is 43.0 Å². The Morgan fingerprint density at radius 1 is 0.548 bits per heavy atom. The van der Waals surface area contributed by atoms with Gasteiger partial charge in [0.25, 0.3) is 0 Å². The molecule has 4 fully saturated rings. The molecular formula is C40H72O22. The van der Waals surface area contributed by atoms with E-state index < -0.39 is 154 Å². The van der Waals surface area contributed by atoms with Crippen molar-refractivity contribution in [1.82, 2.24) is 0 Å². The van der Waals surface area contributed by atoms with Crippen LogP contribution in [0.5, 0.6) is 0 Å². The van der Waals surface area contributed by atoms with Gasteiger partial charge in [0, 0.05) is 0 Å². The van der Waals surface area contributed by atoms with Crippen molar-refractivity contribution in [1.29, 1.82) is 0 Å². The predicted octanol–water partition coefficient (Wildman–Crippen LogP) is -3.15. The topological polar surface area (TPSA) is 354 Å². The van der Waals surface area contributed by atoms with Crippen molar-refractivity contribution < 1.29 is 109 Å². The molecule has 4 saturated heterocycles. The van der Waals surface area contributed by atoms with E-state index in [1.807, 2.05) is 6.92 Å². The number of hydrogen-bond donors (Lipinski definition) is 13. The molecule has 22 heteroatoms. The zero-order valence-corrected chi connectivity index (χ0v) is 35.6. The van der Waals surface area contributed by atoms with Crippen molar-refractivity contribution in [3.63, 3.8) is 0 Å². The first-order valence-electron chi connectivity index (χ1n) is 21.9. The van der Waals surface area contributed by atoms with Gasteiger partial charge in [-0.15, -0.1) is 0 Å². The van der Waals surface area contributed by atoms with Crippen LogP contribution in [-0.2, 0) is 42.7 Å². The molecule has 4 aliphatic heterocycles. The monoisotopic (exact) mass is 904 g/mol. The van der Waals surface area contributed by atoms with Crippen LogP contribution in [0.15, 0.2) is 0 Å². The van der Waals surface area contributed by atoms with Crippen LogP contribution >= 0.6 is 0 Å². The maximum absolute atomic E-state index is 11.7. The lowest BCUT2D eigenvalue weighted by atomic mass is 9.96. The van der Waals surface area contributed by atoms with E-state index in [9.17, 15) is 66.1 Å². The quantitative estimate of drug-likeness (QED) is 0.0425. The fourth-order valence-corrected chi connectivity index (χ4v) is 8.05. The van der Waals surface area contributed by atoms with Gasteiger partial charge in [-0.25, -0.2) is 0 Å². The summed E-state index contributed by atoms with van der Waals surface area (Å²) in [5, 5.41) is 136. The zero-order valence-electron chi connectivity index (χ0n) is 35.6. The third-order valence-corrected chi connectivity index (χ3v) is 12.0. The molecule has 4 heterocycles. The van der Waals surface area contributed by atoms with Crippen LogP contribution in [0, 0.1) is 0 Å². The Hall–Kier alpha value is -1.33. The molecule has 0 saturated carbocycles. The predicted molar refractivity (Wildman–Crippen MR) is 208 cm³/mol. The number of aliphatic hydroxyl groups excluding tert-OH is 12. The van der Waals surface area contributed by atoms with Crippen molar-refractivity contribution in [2.45, 2.75) is 233 Å². The van der Waals surface area contributed by atoms with Crippen molar-refractivity contribution in [2.24, 2.45) is 0 Å². The smallest absolute Gasteiger partial charge is 0.305 e. The van der Waals surface area contributed by atoms with Crippen LogP contribution in [0.2, 0.25) is 0 Å². The molecule has 22 nitrogen and oxygen atoms in total. The van der Waals surface area contributed by atoms with E-state index in [0.29, 0.717) is 32.1 Å². The average Bonchev–Trinajstić information content (AvgIpc) is 3.23. The van der Waals surface area contributed by atoms with Crippen molar-refractivity contribution in [3.05, 3.63) is 0 Å². The molecule has 0 spiro atoms. The molecule has 0 bridgehead atoms. The van der Waals surface area contributed by atoms with E-state index >= 15 is 0 Å². The maximum Gasteiger partial charge on any atom is 0.305 e. The summed E-state index contributed by atoms with van der Waals surface area (Å²) in [6.45, 7) is 3.51. The summed E-state index contributed by atoms with van der Waals surface area (Å²) in [4.78, 5) is 10.8. The molecule has 0 aromatic carbocycles. The molecule has 0 aromatic heterocycles. The minimum absolute atomic E-state index is 0.294. The zero-order chi connectivity index (χ0) is 45.8. The van der Waals surface area contributed by atoms with Crippen molar-refractivity contribution in [3.8, 4) is 0 Å². The summed E-state index contributed by atoms with van der Waals surface area (Å²) in [5.41, 5.74) is 0. The number of unbranched alkanes of at least 4 members (excludes halogenated alkanes) is 6. The molecule has 13 N–H and O–H groups in total. The van der Waals surface area contributed by atoms with Gasteiger partial charge in [0.05, 0.1) is 44.1 Å². The van der Waals surface area contributed by atoms with E-state index in [-0.39, 0.29) is 6.42 Å². The highest BCUT2D eigenvalue weighted by Gasteiger charge is 2.54. The summed E-state index contributed by atoms with van der Waals surface area (Å²) in [6, 6.07) is 0. The molecule has 364 valence electrons. The summed E-state index contributed by atoms with van der Waals surface area (Å²) in [6.07, 6.45) is -25.7. The minimum Gasteiger partial charge on any atom is -0.481 e.